The number of hydrogen-bond donors (Lipinski definition) is 5. The van der Waals surface area contributed by atoms with Crippen LogP contribution in [0, 0.1) is 0 Å². The number of nitrogens with zero attached hydrogens (tertiary/aromatic N) is 4. The van der Waals surface area contributed by atoms with Crippen LogP contribution in [0.15, 0.2) is 59.6 Å². The van der Waals surface area contributed by atoms with Gasteiger partial charge in [0.25, 0.3) is 0 Å². The van der Waals surface area contributed by atoms with Crippen molar-refractivity contribution >= 4 is 66.8 Å². The fourth-order valence-electron chi connectivity index (χ4n) is 6.26. The van der Waals surface area contributed by atoms with Crippen molar-refractivity contribution in [1.29, 1.82) is 0 Å². The summed E-state index contributed by atoms with van der Waals surface area (Å²) in [6.45, 7) is 5.02. The summed E-state index contributed by atoms with van der Waals surface area (Å²) in [6.07, 6.45) is 3.15. The van der Waals surface area contributed by atoms with Crippen molar-refractivity contribution in [2.24, 2.45) is 0 Å². The number of fused-ring (bicyclic) bond motifs is 2. The molecule has 0 spiro atoms. The number of methoxy groups -OCH3 is 1. The lowest BCUT2D eigenvalue weighted by Crippen LogP contribution is -2.40. The van der Waals surface area contributed by atoms with E-state index in [1.807, 2.05) is 13.8 Å². The lowest BCUT2D eigenvalue weighted by Gasteiger charge is -2.21. The number of alkyl carbamates (subject to hydrolysis) is 1. The first-order valence-electron chi connectivity index (χ1n) is 17.1. The lowest BCUT2D eigenvalue weighted by molar-refractivity contribution is -0.131. The first-order chi connectivity index (χ1) is 25.7. The summed E-state index contributed by atoms with van der Waals surface area (Å²) in [5, 5.41) is 19.9. The van der Waals surface area contributed by atoms with Gasteiger partial charge in [0.2, 0.25) is 11.8 Å². The molecule has 5 N–H and O–H groups in total. The van der Waals surface area contributed by atoms with E-state index < -0.39 is 12.2 Å². The first-order valence-corrected chi connectivity index (χ1v) is 18.9. The Balaban J connectivity index is 1.24. The lowest BCUT2D eigenvalue weighted by atomic mass is 9.96. The Bertz CT molecular complexity index is 2260. The molecular formula is C37H40N8O6S2. The molecule has 0 aliphatic carbocycles. The van der Waals surface area contributed by atoms with E-state index in [-0.39, 0.29) is 38.0 Å². The minimum absolute atomic E-state index is 0.159. The van der Waals surface area contributed by atoms with Crippen LogP contribution in [0.4, 0.5) is 9.59 Å². The van der Waals surface area contributed by atoms with Crippen molar-refractivity contribution < 1.29 is 29.0 Å². The summed E-state index contributed by atoms with van der Waals surface area (Å²) in [4.78, 5) is 67.1. The number of nitrogens with one attached hydrogen (secondary N) is 4. The second-order valence-corrected chi connectivity index (χ2v) is 14.1. The number of carboxylic acid groups (broad SMARTS) is 1. The third-order valence-electron chi connectivity index (χ3n) is 8.69. The van der Waals surface area contributed by atoms with Gasteiger partial charge in [0, 0.05) is 50.0 Å². The third-order valence-corrected chi connectivity index (χ3v) is 10.6. The highest BCUT2D eigenvalue weighted by Crippen LogP contribution is 2.43. The van der Waals surface area contributed by atoms with E-state index in [1.165, 1.54) is 7.11 Å². The normalized spacial score (nSPS) is 11.2. The van der Waals surface area contributed by atoms with E-state index in [0.717, 1.165) is 66.7 Å². The minimum Gasteiger partial charge on any atom is -0.465 e. The molecule has 6 rings (SSSR count). The van der Waals surface area contributed by atoms with Gasteiger partial charge in [0.1, 0.15) is 24.7 Å². The Morgan fingerprint density at radius 2 is 1.21 bits per heavy atom. The van der Waals surface area contributed by atoms with Gasteiger partial charge in [-0.25, -0.2) is 19.6 Å². The maximum Gasteiger partial charge on any atom is 0.407 e. The summed E-state index contributed by atoms with van der Waals surface area (Å²) in [5.74, 6) is 0.720. The summed E-state index contributed by atoms with van der Waals surface area (Å²) < 4.78 is 6.82. The SMILES string of the molecule is CCCN(Cc1ncc(-c2ccc(-c3ccc(-c4cnc(CN(CCC)C(=O)CNC(=O)O)[nH]4)c4sccc34)c3sccc23)[nH]1)C(=O)CNC(=O)OC. The summed E-state index contributed by atoms with van der Waals surface area (Å²) in [7, 11) is 1.26. The smallest absolute Gasteiger partial charge is 0.407 e. The molecule has 4 aromatic heterocycles. The molecule has 2 aromatic carbocycles. The molecule has 0 aliphatic heterocycles. The topological polar surface area (TPSA) is 186 Å². The molecular weight excluding hydrogens is 717 g/mol. The number of H-pyrrole nitrogens is 2. The number of aromatic nitrogens is 4. The Kier molecular flexibility index (Phi) is 11.7. The number of rotatable bonds is 15. The van der Waals surface area contributed by atoms with Gasteiger partial charge in [-0.2, -0.15) is 0 Å². The summed E-state index contributed by atoms with van der Waals surface area (Å²) in [5.41, 5.74) is 5.89. The molecule has 4 heterocycles. The number of benzene rings is 2. The predicted molar refractivity (Wildman–Crippen MR) is 206 cm³/mol. The van der Waals surface area contributed by atoms with Gasteiger partial charge in [-0.1, -0.05) is 38.1 Å². The number of thiophene rings is 2. The number of hydrogen-bond acceptors (Lipinski definition) is 9. The van der Waals surface area contributed by atoms with E-state index >= 15 is 0 Å². The Labute approximate surface area is 313 Å². The van der Waals surface area contributed by atoms with Gasteiger partial charge in [-0.3, -0.25) is 9.59 Å². The average Bonchev–Trinajstić information content (AvgIpc) is 3.99. The standard InChI is InChI=1S/C37H40N8O6S2/c1-4-12-44(32(46)18-40-36(48)49)21-31-39-17-29(43-31)27-9-6-22(25-10-14-53-35(25)27)24-8-7-23(26-11-15-52-34(24)26)28-16-38-30(42-28)20-45(13-5-2)33(47)19-41-37(50)51-3/h6-11,14-17,40H,4-5,12-13,18-21H2,1-3H3,(H,38,42)(H,39,43)(H,41,50)(H,48,49). The van der Waals surface area contributed by atoms with Gasteiger partial charge in [0.05, 0.1) is 44.0 Å². The van der Waals surface area contributed by atoms with E-state index in [4.69, 9.17) is 5.11 Å². The van der Waals surface area contributed by atoms with E-state index in [9.17, 15) is 19.2 Å². The quantitative estimate of drug-likeness (QED) is 0.0770. The zero-order valence-corrected chi connectivity index (χ0v) is 31.2. The van der Waals surface area contributed by atoms with E-state index in [1.54, 1.807) is 44.9 Å². The van der Waals surface area contributed by atoms with Crippen LogP contribution in [0.1, 0.15) is 38.3 Å². The minimum atomic E-state index is -1.24. The van der Waals surface area contributed by atoms with Crippen LogP contribution in [0.3, 0.4) is 0 Å². The molecule has 4 amide bonds. The molecule has 276 valence electrons. The van der Waals surface area contributed by atoms with Crippen molar-refractivity contribution in [3.05, 3.63) is 71.2 Å². The van der Waals surface area contributed by atoms with Crippen LogP contribution < -0.4 is 10.6 Å². The number of amides is 4. The highest BCUT2D eigenvalue weighted by Gasteiger charge is 2.20. The molecule has 0 saturated carbocycles. The van der Waals surface area contributed by atoms with Crippen molar-refractivity contribution in [2.45, 2.75) is 39.8 Å². The molecule has 0 saturated heterocycles. The molecule has 0 fully saturated rings. The highest BCUT2D eigenvalue weighted by molar-refractivity contribution is 7.18. The maximum atomic E-state index is 12.8. The Morgan fingerprint density at radius 3 is 1.77 bits per heavy atom. The molecule has 0 atom stereocenters. The van der Waals surface area contributed by atoms with Gasteiger partial charge in [-0.15, -0.1) is 22.7 Å². The van der Waals surface area contributed by atoms with Gasteiger partial charge in [-0.05, 0) is 41.3 Å². The van der Waals surface area contributed by atoms with Crippen LogP contribution in [0.5, 0.6) is 0 Å². The first kappa shape index (κ1) is 37.0. The fourth-order valence-corrected chi connectivity index (χ4v) is 8.16. The number of ether oxygens (including phenoxy) is 1. The van der Waals surface area contributed by atoms with Crippen molar-refractivity contribution in [2.75, 3.05) is 33.3 Å². The van der Waals surface area contributed by atoms with Crippen LogP contribution in [-0.4, -0.2) is 92.1 Å². The highest BCUT2D eigenvalue weighted by atomic mass is 32.1. The largest absolute Gasteiger partial charge is 0.465 e. The number of imidazole rings is 2. The Morgan fingerprint density at radius 1 is 0.717 bits per heavy atom. The number of carbonyl (C=O) groups is 4. The molecule has 16 heteroatoms. The zero-order chi connectivity index (χ0) is 37.5. The molecule has 0 unspecified atom stereocenters. The second kappa shape index (κ2) is 16.7. The van der Waals surface area contributed by atoms with Gasteiger partial charge < -0.3 is 40.2 Å². The van der Waals surface area contributed by atoms with E-state index in [0.29, 0.717) is 24.7 Å². The fraction of sp³-hybridized carbons (Fsp3) is 0.297. The van der Waals surface area contributed by atoms with Crippen LogP contribution in [-0.2, 0) is 27.4 Å². The molecule has 0 aliphatic rings. The number of carbonyl (C=O) groups excluding carboxylic acids is 3. The summed E-state index contributed by atoms with van der Waals surface area (Å²) in [6, 6.07) is 12.7. The summed E-state index contributed by atoms with van der Waals surface area (Å²) >= 11 is 3.32. The second-order valence-electron chi connectivity index (χ2n) is 12.3. The van der Waals surface area contributed by atoms with Crippen molar-refractivity contribution in [3.8, 4) is 33.6 Å². The number of aromatic amines is 2. The average molecular weight is 757 g/mol. The molecule has 6 aromatic rings. The van der Waals surface area contributed by atoms with Gasteiger partial charge >= 0.3 is 12.2 Å². The van der Waals surface area contributed by atoms with Crippen LogP contribution in [0.25, 0.3) is 53.8 Å². The third kappa shape index (κ3) is 8.34. The molecule has 0 bridgehead atoms. The van der Waals surface area contributed by atoms with Gasteiger partial charge in [0.15, 0.2) is 0 Å². The molecule has 53 heavy (non-hydrogen) atoms. The van der Waals surface area contributed by atoms with Crippen molar-refractivity contribution in [1.82, 2.24) is 40.4 Å². The van der Waals surface area contributed by atoms with E-state index in [2.05, 4.69) is 82.5 Å². The Hall–Kier alpha value is -5.74. The zero-order valence-electron chi connectivity index (χ0n) is 29.5. The monoisotopic (exact) mass is 756 g/mol. The van der Waals surface area contributed by atoms with Crippen molar-refractivity contribution in [3.63, 3.8) is 0 Å². The molecule has 14 nitrogen and oxygen atoms in total. The molecule has 0 radical (unpaired) electrons. The maximum absolute atomic E-state index is 12.8. The van der Waals surface area contributed by atoms with Crippen LogP contribution in [0.2, 0.25) is 0 Å². The van der Waals surface area contributed by atoms with Crippen LogP contribution >= 0.6 is 22.7 Å². The predicted octanol–water partition coefficient (Wildman–Crippen LogP) is 6.66.